The molecular formula is C26H33N5O6. The van der Waals surface area contributed by atoms with Crippen molar-refractivity contribution in [1.82, 2.24) is 15.8 Å². The summed E-state index contributed by atoms with van der Waals surface area (Å²) in [6, 6.07) is 10.7. The molecule has 0 atom stereocenters. The third kappa shape index (κ3) is 7.94. The molecule has 0 spiro atoms. The van der Waals surface area contributed by atoms with Gasteiger partial charge in [-0.3, -0.25) is 14.5 Å². The fourth-order valence-electron chi connectivity index (χ4n) is 3.87. The van der Waals surface area contributed by atoms with Crippen LogP contribution in [0.25, 0.3) is 0 Å². The van der Waals surface area contributed by atoms with Gasteiger partial charge < -0.3 is 18.9 Å². The van der Waals surface area contributed by atoms with Gasteiger partial charge in [-0.2, -0.15) is 10.2 Å². The topological polar surface area (TPSA) is 123 Å². The molecule has 0 aliphatic carbocycles. The van der Waals surface area contributed by atoms with Crippen LogP contribution >= 0.6 is 0 Å². The molecule has 0 unspecified atom stereocenters. The Kier molecular flexibility index (Phi) is 10.3. The second-order valence-corrected chi connectivity index (χ2v) is 8.29. The van der Waals surface area contributed by atoms with E-state index < -0.39 is 0 Å². The molecule has 0 saturated carbocycles. The number of carbonyl (C=O) groups is 2. The van der Waals surface area contributed by atoms with E-state index in [2.05, 4.69) is 21.1 Å². The number of nitrogens with one attached hydrogen (secondary N) is 2. The van der Waals surface area contributed by atoms with Gasteiger partial charge >= 0.3 is 0 Å². The lowest BCUT2D eigenvalue weighted by atomic mass is 9.96. The average molecular weight is 512 g/mol. The molecule has 2 N–H and O–H groups in total. The van der Waals surface area contributed by atoms with E-state index in [9.17, 15) is 9.59 Å². The van der Waals surface area contributed by atoms with Crippen LogP contribution in [0.5, 0.6) is 23.0 Å². The van der Waals surface area contributed by atoms with Crippen LogP contribution in [0.2, 0.25) is 0 Å². The van der Waals surface area contributed by atoms with Crippen molar-refractivity contribution in [2.45, 2.75) is 12.8 Å². The number of likely N-dealkylation sites (tertiary alicyclic amines) is 1. The zero-order valence-corrected chi connectivity index (χ0v) is 21.5. The number of hydrogen-bond donors (Lipinski definition) is 2. The normalized spacial score (nSPS) is 14.5. The van der Waals surface area contributed by atoms with Crippen molar-refractivity contribution in [2.24, 2.45) is 16.1 Å². The van der Waals surface area contributed by atoms with Crippen LogP contribution in [-0.2, 0) is 9.59 Å². The van der Waals surface area contributed by atoms with Gasteiger partial charge in [-0.15, -0.1) is 0 Å². The Morgan fingerprint density at radius 2 is 1.35 bits per heavy atom. The van der Waals surface area contributed by atoms with Gasteiger partial charge in [0.15, 0.2) is 0 Å². The highest BCUT2D eigenvalue weighted by Gasteiger charge is 2.25. The lowest BCUT2D eigenvalue weighted by molar-refractivity contribution is -0.126. The van der Waals surface area contributed by atoms with Gasteiger partial charge in [0.25, 0.3) is 5.91 Å². The lowest BCUT2D eigenvalue weighted by Crippen LogP contribution is -2.43. The van der Waals surface area contributed by atoms with E-state index in [0.717, 1.165) is 5.56 Å². The van der Waals surface area contributed by atoms with Crippen LogP contribution in [-0.4, -0.2) is 77.2 Å². The molecule has 1 aliphatic heterocycles. The molecular weight excluding hydrogens is 478 g/mol. The van der Waals surface area contributed by atoms with Crippen molar-refractivity contribution in [3.05, 3.63) is 47.5 Å². The fraction of sp³-hybridized carbons (Fsp3) is 0.385. The monoisotopic (exact) mass is 511 g/mol. The maximum atomic E-state index is 12.5. The Bertz CT molecular complexity index is 1130. The lowest BCUT2D eigenvalue weighted by Gasteiger charge is -2.30. The largest absolute Gasteiger partial charge is 0.497 e. The van der Waals surface area contributed by atoms with E-state index in [1.165, 1.54) is 12.4 Å². The molecule has 2 amide bonds. The van der Waals surface area contributed by atoms with Crippen molar-refractivity contribution < 1.29 is 28.5 Å². The Hall–Kier alpha value is -4.12. The third-order valence-electron chi connectivity index (χ3n) is 5.98. The Labute approximate surface area is 216 Å². The predicted molar refractivity (Wildman–Crippen MR) is 140 cm³/mol. The summed E-state index contributed by atoms with van der Waals surface area (Å²) in [5.74, 6) is 1.97. The van der Waals surface area contributed by atoms with Gasteiger partial charge in [0.05, 0.1) is 47.4 Å². The Morgan fingerprint density at radius 1 is 0.838 bits per heavy atom. The van der Waals surface area contributed by atoms with E-state index in [0.29, 0.717) is 54.5 Å². The highest BCUT2D eigenvalue weighted by atomic mass is 16.5. The molecule has 1 fully saturated rings. The van der Waals surface area contributed by atoms with E-state index in [1.54, 1.807) is 64.8 Å². The number of ether oxygens (including phenoxy) is 4. The van der Waals surface area contributed by atoms with E-state index >= 15 is 0 Å². The molecule has 2 aromatic rings. The zero-order chi connectivity index (χ0) is 26.6. The van der Waals surface area contributed by atoms with Gasteiger partial charge in [0.1, 0.15) is 23.0 Å². The summed E-state index contributed by atoms with van der Waals surface area (Å²) in [6.45, 7) is 1.44. The first-order chi connectivity index (χ1) is 18.0. The van der Waals surface area contributed by atoms with Crippen molar-refractivity contribution in [3.63, 3.8) is 0 Å². The SMILES string of the molecule is COc1ccc(C=NNC(=O)CN2CCC(C(=O)NN=Cc3ccc(OC)cc3OC)CC2)c(OC)c1. The van der Waals surface area contributed by atoms with Crippen molar-refractivity contribution in [3.8, 4) is 23.0 Å². The molecule has 0 radical (unpaired) electrons. The number of methoxy groups -OCH3 is 4. The maximum Gasteiger partial charge on any atom is 0.254 e. The second-order valence-electron chi connectivity index (χ2n) is 8.29. The molecule has 0 bridgehead atoms. The van der Waals surface area contributed by atoms with Crippen LogP contribution in [0.1, 0.15) is 24.0 Å². The zero-order valence-electron chi connectivity index (χ0n) is 21.5. The molecule has 11 heteroatoms. The first kappa shape index (κ1) is 27.5. The molecule has 3 rings (SSSR count). The molecule has 11 nitrogen and oxygen atoms in total. The predicted octanol–water partition coefficient (Wildman–Crippen LogP) is 2.03. The number of amides is 2. The highest BCUT2D eigenvalue weighted by molar-refractivity contribution is 5.87. The number of hydrazone groups is 2. The van der Waals surface area contributed by atoms with Crippen LogP contribution in [0, 0.1) is 5.92 Å². The summed E-state index contributed by atoms with van der Waals surface area (Å²) in [5.41, 5.74) is 6.57. The summed E-state index contributed by atoms with van der Waals surface area (Å²) >= 11 is 0. The average Bonchev–Trinajstić information content (AvgIpc) is 2.93. The third-order valence-corrected chi connectivity index (χ3v) is 5.98. The minimum atomic E-state index is -0.232. The van der Waals surface area contributed by atoms with E-state index in [4.69, 9.17) is 18.9 Å². The van der Waals surface area contributed by atoms with E-state index in [-0.39, 0.29) is 24.3 Å². The molecule has 198 valence electrons. The molecule has 2 aromatic carbocycles. The van der Waals surface area contributed by atoms with Crippen LogP contribution in [0.15, 0.2) is 46.6 Å². The number of piperidine rings is 1. The number of hydrogen-bond acceptors (Lipinski definition) is 9. The van der Waals surface area contributed by atoms with Gasteiger partial charge in [0.2, 0.25) is 5.91 Å². The molecule has 0 aromatic heterocycles. The van der Waals surface area contributed by atoms with Crippen LogP contribution < -0.4 is 29.8 Å². The minimum absolute atomic E-state index is 0.147. The molecule has 1 aliphatic rings. The summed E-state index contributed by atoms with van der Waals surface area (Å²) in [6.07, 6.45) is 4.33. The first-order valence-corrected chi connectivity index (χ1v) is 11.8. The van der Waals surface area contributed by atoms with Gasteiger partial charge in [-0.25, -0.2) is 10.9 Å². The molecule has 1 saturated heterocycles. The number of benzene rings is 2. The number of rotatable bonds is 11. The summed E-state index contributed by atoms with van der Waals surface area (Å²) < 4.78 is 21.0. The number of nitrogens with zero attached hydrogens (tertiary/aromatic N) is 3. The fourth-order valence-corrected chi connectivity index (χ4v) is 3.87. The van der Waals surface area contributed by atoms with Crippen LogP contribution in [0.3, 0.4) is 0 Å². The summed E-state index contributed by atoms with van der Waals surface area (Å²) in [5, 5.41) is 8.10. The van der Waals surface area contributed by atoms with Crippen molar-refractivity contribution in [2.75, 3.05) is 48.1 Å². The second kappa shape index (κ2) is 13.8. The summed E-state index contributed by atoms with van der Waals surface area (Å²) in [4.78, 5) is 26.8. The Morgan fingerprint density at radius 3 is 1.84 bits per heavy atom. The summed E-state index contributed by atoms with van der Waals surface area (Å²) in [7, 11) is 6.27. The van der Waals surface area contributed by atoms with Crippen LogP contribution in [0.4, 0.5) is 0 Å². The van der Waals surface area contributed by atoms with Crippen molar-refractivity contribution in [1.29, 1.82) is 0 Å². The smallest absolute Gasteiger partial charge is 0.254 e. The number of carbonyl (C=O) groups excluding carboxylic acids is 2. The molecule has 37 heavy (non-hydrogen) atoms. The van der Waals surface area contributed by atoms with Gasteiger partial charge in [-0.1, -0.05) is 0 Å². The minimum Gasteiger partial charge on any atom is -0.497 e. The highest BCUT2D eigenvalue weighted by Crippen LogP contribution is 2.24. The van der Waals surface area contributed by atoms with Gasteiger partial charge in [-0.05, 0) is 50.2 Å². The van der Waals surface area contributed by atoms with Gasteiger partial charge in [0, 0.05) is 29.2 Å². The Balaban J connectivity index is 1.41. The standard InChI is InChI=1S/C26H33N5O6/c1-34-21-7-5-19(23(13-21)36-3)15-27-29-25(32)17-31-11-9-18(10-12-31)26(33)30-28-16-20-6-8-22(35-2)14-24(20)37-4/h5-8,13-16,18H,9-12,17H2,1-4H3,(H,29,32)(H,30,33). The molecule has 1 heterocycles. The first-order valence-electron chi connectivity index (χ1n) is 11.8. The maximum absolute atomic E-state index is 12.5. The van der Waals surface area contributed by atoms with Crippen molar-refractivity contribution >= 4 is 24.2 Å². The van der Waals surface area contributed by atoms with E-state index in [1.807, 2.05) is 4.90 Å². The quantitative estimate of drug-likeness (QED) is 0.350.